The summed E-state index contributed by atoms with van der Waals surface area (Å²) in [7, 11) is 0. The number of amides is 2. The largest absolute Gasteiger partial charge is 0.484 e. The van der Waals surface area contributed by atoms with E-state index in [9.17, 15) is 9.59 Å². The van der Waals surface area contributed by atoms with Crippen LogP contribution >= 0.6 is 35.6 Å². The normalized spacial score (nSPS) is 15.3. The summed E-state index contributed by atoms with van der Waals surface area (Å²) in [6.07, 6.45) is 1.80. The molecule has 8 heteroatoms. The molecule has 0 aromatic heterocycles. The highest BCUT2D eigenvalue weighted by Gasteiger charge is 2.33. The summed E-state index contributed by atoms with van der Waals surface area (Å²) in [4.78, 5) is 26.7. The van der Waals surface area contributed by atoms with Gasteiger partial charge in [0.1, 0.15) is 10.1 Å². The SMILES string of the molecule is CC(C)N1C(=O)/C(=C/c2ccc(OCC(=O)Nc3ccccc3Cl)cc2)SC1=S. The van der Waals surface area contributed by atoms with Gasteiger partial charge in [-0.3, -0.25) is 14.5 Å². The Kier molecular flexibility index (Phi) is 6.95. The van der Waals surface area contributed by atoms with Gasteiger partial charge < -0.3 is 10.1 Å². The molecular formula is C21H19ClN2O3S2. The van der Waals surface area contributed by atoms with Crippen molar-refractivity contribution in [1.29, 1.82) is 0 Å². The van der Waals surface area contributed by atoms with Crippen molar-refractivity contribution in [3.63, 3.8) is 0 Å². The number of benzene rings is 2. The highest BCUT2D eigenvalue weighted by molar-refractivity contribution is 8.26. The van der Waals surface area contributed by atoms with E-state index >= 15 is 0 Å². The van der Waals surface area contributed by atoms with Crippen molar-refractivity contribution in [2.75, 3.05) is 11.9 Å². The molecule has 1 aliphatic heterocycles. The zero-order valence-electron chi connectivity index (χ0n) is 15.8. The molecule has 1 saturated heterocycles. The van der Waals surface area contributed by atoms with Gasteiger partial charge in [0.25, 0.3) is 11.8 Å². The first-order valence-electron chi connectivity index (χ1n) is 8.89. The Morgan fingerprint density at radius 3 is 2.55 bits per heavy atom. The Bertz CT molecular complexity index is 974. The predicted molar refractivity (Wildman–Crippen MR) is 122 cm³/mol. The van der Waals surface area contributed by atoms with E-state index < -0.39 is 0 Å². The first-order chi connectivity index (χ1) is 13.8. The van der Waals surface area contributed by atoms with Crippen LogP contribution in [0.4, 0.5) is 5.69 Å². The van der Waals surface area contributed by atoms with Crippen LogP contribution in [0.5, 0.6) is 5.75 Å². The Morgan fingerprint density at radius 1 is 1.24 bits per heavy atom. The minimum atomic E-state index is -0.306. The van der Waals surface area contributed by atoms with Gasteiger partial charge in [-0.05, 0) is 49.8 Å². The van der Waals surface area contributed by atoms with Crippen LogP contribution in [0.3, 0.4) is 0 Å². The maximum absolute atomic E-state index is 12.5. The summed E-state index contributed by atoms with van der Waals surface area (Å²) in [5.74, 6) is 0.164. The number of para-hydroxylation sites is 1. The van der Waals surface area contributed by atoms with Gasteiger partial charge in [0.05, 0.1) is 15.6 Å². The van der Waals surface area contributed by atoms with E-state index in [-0.39, 0.29) is 24.5 Å². The molecule has 5 nitrogen and oxygen atoms in total. The van der Waals surface area contributed by atoms with E-state index in [1.165, 1.54) is 11.8 Å². The molecule has 1 aliphatic rings. The van der Waals surface area contributed by atoms with Crippen molar-refractivity contribution < 1.29 is 14.3 Å². The topological polar surface area (TPSA) is 58.6 Å². The second-order valence-electron chi connectivity index (χ2n) is 6.53. The molecular weight excluding hydrogens is 428 g/mol. The zero-order valence-corrected chi connectivity index (χ0v) is 18.2. The molecule has 0 spiro atoms. The standard InChI is InChI=1S/C21H19ClN2O3S2/c1-13(2)24-20(26)18(29-21(24)28)11-14-7-9-15(10-8-14)27-12-19(25)23-17-6-4-3-5-16(17)22/h3-11,13H,12H2,1-2H3,(H,23,25)/b18-11-. The average Bonchev–Trinajstić information content (AvgIpc) is 2.96. The van der Waals surface area contributed by atoms with Gasteiger partial charge in [0.2, 0.25) is 0 Å². The zero-order chi connectivity index (χ0) is 21.0. The lowest BCUT2D eigenvalue weighted by Crippen LogP contribution is -2.34. The third-order valence-corrected chi connectivity index (χ3v) is 5.70. The molecule has 1 heterocycles. The van der Waals surface area contributed by atoms with Crippen LogP contribution < -0.4 is 10.1 Å². The molecule has 0 aliphatic carbocycles. The highest BCUT2D eigenvalue weighted by atomic mass is 35.5. The molecule has 0 unspecified atom stereocenters. The number of nitrogens with one attached hydrogen (secondary N) is 1. The highest BCUT2D eigenvalue weighted by Crippen LogP contribution is 2.34. The predicted octanol–water partition coefficient (Wildman–Crippen LogP) is 4.97. The molecule has 150 valence electrons. The lowest BCUT2D eigenvalue weighted by Gasteiger charge is -2.18. The molecule has 3 rings (SSSR count). The molecule has 2 aromatic carbocycles. The summed E-state index contributed by atoms with van der Waals surface area (Å²) in [6.45, 7) is 3.72. The van der Waals surface area contributed by atoms with Crippen LogP contribution in [-0.2, 0) is 9.59 Å². The maximum atomic E-state index is 12.5. The number of carbonyl (C=O) groups excluding carboxylic acids is 2. The van der Waals surface area contributed by atoms with Crippen molar-refractivity contribution in [3.05, 3.63) is 64.0 Å². The van der Waals surface area contributed by atoms with E-state index in [1.54, 1.807) is 47.4 Å². The minimum Gasteiger partial charge on any atom is -0.484 e. The van der Waals surface area contributed by atoms with Crippen molar-refractivity contribution in [2.45, 2.75) is 19.9 Å². The number of ether oxygens (including phenoxy) is 1. The van der Waals surface area contributed by atoms with Gasteiger partial charge in [-0.25, -0.2) is 0 Å². The quantitative estimate of drug-likeness (QED) is 0.501. The molecule has 0 atom stereocenters. The lowest BCUT2D eigenvalue weighted by molar-refractivity contribution is -0.123. The van der Waals surface area contributed by atoms with E-state index in [2.05, 4.69) is 5.32 Å². The molecule has 2 amide bonds. The summed E-state index contributed by atoms with van der Waals surface area (Å²) < 4.78 is 6.08. The molecule has 1 fully saturated rings. The molecule has 0 saturated carbocycles. The van der Waals surface area contributed by atoms with Gasteiger partial charge in [-0.15, -0.1) is 0 Å². The fourth-order valence-electron chi connectivity index (χ4n) is 2.63. The lowest BCUT2D eigenvalue weighted by atomic mass is 10.2. The van der Waals surface area contributed by atoms with Crippen LogP contribution in [0.25, 0.3) is 6.08 Å². The summed E-state index contributed by atoms with van der Waals surface area (Å²) in [5.41, 5.74) is 1.39. The summed E-state index contributed by atoms with van der Waals surface area (Å²) >= 11 is 12.6. The van der Waals surface area contributed by atoms with Gasteiger partial charge in [-0.1, -0.05) is 59.8 Å². The van der Waals surface area contributed by atoms with Crippen molar-refractivity contribution in [3.8, 4) is 5.75 Å². The van der Waals surface area contributed by atoms with Crippen LogP contribution in [-0.4, -0.2) is 33.7 Å². The fraction of sp³-hybridized carbons (Fsp3) is 0.190. The van der Waals surface area contributed by atoms with E-state index in [0.29, 0.717) is 25.7 Å². The van der Waals surface area contributed by atoms with Crippen LogP contribution in [0.1, 0.15) is 19.4 Å². The molecule has 0 radical (unpaired) electrons. The second-order valence-corrected chi connectivity index (χ2v) is 8.61. The third-order valence-electron chi connectivity index (χ3n) is 4.04. The van der Waals surface area contributed by atoms with Crippen LogP contribution in [0.15, 0.2) is 53.4 Å². The van der Waals surface area contributed by atoms with Crippen molar-refractivity contribution >= 4 is 63.5 Å². The van der Waals surface area contributed by atoms with Crippen LogP contribution in [0, 0.1) is 0 Å². The number of halogens is 1. The van der Waals surface area contributed by atoms with Gasteiger partial charge >= 0.3 is 0 Å². The van der Waals surface area contributed by atoms with E-state index in [4.69, 9.17) is 28.6 Å². The molecule has 0 bridgehead atoms. The molecule has 29 heavy (non-hydrogen) atoms. The Labute approximate surface area is 184 Å². The minimum absolute atomic E-state index is 0.0288. The van der Waals surface area contributed by atoms with Crippen molar-refractivity contribution in [1.82, 2.24) is 4.90 Å². The number of hydrogen-bond acceptors (Lipinski definition) is 5. The van der Waals surface area contributed by atoms with Crippen molar-refractivity contribution in [2.24, 2.45) is 0 Å². The number of nitrogens with zero attached hydrogens (tertiary/aromatic N) is 1. The number of thioether (sulfide) groups is 1. The Morgan fingerprint density at radius 2 is 1.93 bits per heavy atom. The number of thiocarbonyl (C=S) groups is 1. The molecule has 2 aromatic rings. The van der Waals surface area contributed by atoms with E-state index in [0.717, 1.165) is 5.56 Å². The van der Waals surface area contributed by atoms with Gasteiger partial charge in [-0.2, -0.15) is 0 Å². The Balaban J connectivity index is 1.58. The molecule has 1 N–H and O–H groups in total. The van der Waals surface area contributed by atoms with Gasteiger partial charge in [0.15, 0.2) is 6.61 Å². The monoisotopic (exact) mass is 446 g/mol. The first kappa shape index (κ1) is 21.4. The smallest absolute Gasteiger partial charge is 0.266 e. The van der Waals surface area contributed by atoms with Gasteiger partial charge in [0, 0.05) is 6.04 Å². The summed E-state index contributed by atoms with van der Waals surface area (Å²) in [6, 6.07) is 14.2. The first-order valence-corrected chi connectivity index (χ1v) is 10.5. The Hall–Kier alpha value is -2.35. The van der Waals surface area contributed by atoms with Crippen LogP contribution in [0.2, 0.25) is 5.02 Å². The number of anilines is 1. The maximum Gasteiger partial charge on any atom is 0.266 e. The number of rotatable bonds is 6. The average molecular weight is 447 g/mol. The third kappa shape index (κ3) is 5.38. The number of carbonyl (C=O) groups is 2. The fourth-order valence-corrected chi connectivity index (χ4v) is 4.34. The number of hydrogen-bond donors (Lipinski definition) is 1. The second kappa shape index (κ2) is 9.43. The summed E-state index contributed by atoms with van der Waals surface area (Å²) in [5, 5.41) is 3.17. The van der Waals surface area contributed by atoms with E-state index in [1.807, 2.05) is 26.0 Å².